The van der Waals surface area contributed by atoms with Crippen molar-refractivity contribution in [1.82, 2.24) is 0 Å². The molecule has 0 heterocycles. The van der Waals surface area contributed by atoms with Crippen LogP contribution in [-0.2, 0) is 12.6 Å². The lowest BCUT2D eigenvalue weighted by molar-refractivity contribution is 0.403. The van der Waals surface area contributed by atoms with E-state index in [1.165, 1.54) is 0 Å². The highest BCUT2D eigenvalue weighted by Crippen LogP contribution is 2.11. The van der Waals surface area contributed by atoms with Gasteiger partial charge >= 0.3 is 21.4 Å². The van der Waals surface area contributed by atoms with E-state index >= 15 is 0 Å². The molecule has 0 atom stereocenters. The van der Waals surface area contributed by atoms with Gasteiger partial charge in [-0.25, -0.2) is 0 Å². The zero-order valence-electron chi connectivity index (χ0n) is 15.0. The molecule has 2 rings (SSSR count). The highest BCUT2D eigenvalue weighted by atomic mass is 16.5. The third-order valence-electron chi connectivity index (χ3n) is 2.99. The molecule has 0 spiro atoms. The molecule has 0 unspecified atom stereocenters. The summed E-state index contributed by atoms with van der Waals surface area (Å²) in [5.74, 6) is 2.41. The minimum atomic E-state index is -1.59. The van der Waals surface area contributed by atoms with E-state index in [9.17, 15) is 0 Å². The highest BCUT2D eigenvalue weighted by molar-refractivity contribution is 6.51. The van der Waals surface area contributed by atoms with Crippen LogP contribution in [0.5, 0.6) is 5.75 Å². The van der Waals surface area contributed by atoms with Gasteiger partial charge in [-0.15, -0.1) is 6.42 Å². The van der Waals surface area contributed by atoms with Crippen LogP contribution in [0.3, 0.4) is 0 Å². The Balaban J connectivity index is 0.000000408. The standard InChI is InChI=1S/C8H11BO3.C7H9BO2.C2H3BO2/c1-12-8-4-2-7(3-5-8)6-9(10)11;9-8(10)6-7-4-2-1-3-5-7;1-2-3(4)5/h2-5,10-11H,6H2,1H3;1-5,9-10H,6H2;1,4-5H. The van der Waals surface area contributed by atoms with Gasteiger partial charge in [0.25, 0.3) is 0 Å². The smallest absolute Gasteiger partial charge is 0.497 e. The number of rotatable bonds is 5. The van der Waals surface area contributed by atoms with Gasteiger partial charge < -0.3 is 34.9 Å². The van der Waals surface area contributed by atoms with Gasteiger partial charge in [-0.3, -0.25) is 0 Å². The van der Waals surface area contributed by atoms with Gasteiger partial charge in [-0.05, 0) is 17.7 Å². The molecule has 0 fully saturated rings. The Bertz CT molecular complexity index is 644. The van der Waals surface area contributed by atoms with Crippen molar-refractivity contribution >= 4 is 21.4 Å². The molecule has 0 aliphatic rings. The lowest BCUT2D eigenvalue weighted by Crippen LogP contribution is -2.14. The summed E-state index contributed by atoms with van der Waals surface area (Å²) in [6.07, 6.45) is 4.98. The molecule has 0 aliphatic carbocycles. The monoisotopic (exact) mass is 372 g/mol. The van der Waals surface area contributed by atoms with Gasteiger partial charge in [0, 0.05) is 12.6 Å². The summed E-state index contributed by atoms with van der Waals surface area (Å²) in [6.45, 7) is 0. The van der Waals surface area contributed by atoms with E-state index in [0.29, 0.717) is 6.32 Å². The van der Waals surface area contributed by atoms with Gasteiger partial charge in [0.1, 0.15) is 5.75 Å². The van der Waals surface area contributed by atoms with Crippen LogP contribution >= 0.6 is 0 Å². The zero-order valence-corrected chi connectivity index (χ0v) is 15.0. The van der Waals surface area contributed by atoms with E-state index in [2.05, 4.69) is 6.42 Å². The predicted octanol–water partition coefficient (Wildman–Crippen LogP) is -0.878. The number of ether oxygens (including phenoxy) is 1. The minimum Gasteiger partial charge on any atom is -0.497 e. The maximum Gasteiger partial charge on any atom is 0.544 e. The number of hydrogen-bond acceptors (Lipinski definition) is 7. The first-order chi connectivity index (χ1) is 12.8. The van der Waals surface area contributed by atoms with E-state index in [0.717, 1.165) is 16.9 Å². The molecule has 0 amide bonds. The van der Waals surface area contributed by atoms with E-state index in [-0.39, 0.29) is 6.32 Å². The fourth-order valence-corrected chi connectivity index (χ4v) is 1.80. The van der Waals surface area contributed by atoms with Gasteiger partial charge in [0.2, 0.25) is 0 Å². The van der Waals surface area contributed by atoms with Crippen molar-refractivity contribution < 1.29 is 34.9 Å². The Labute approximate surface area is 160 Å². The number of terminal acetylenes is 1. The fraction of sp³-hybridized carbons (Fsp3) is 0.176. The molecule has 10 heteroatoms. The molecule has 0 bridgehead atoms. The van der Waals surface area contributed by atoms with Crippen LogP contribution in [0.25, 0.3) is 0 Å². The first-order valence-electron chi connectivity index (χ1n) is 7.99. The summed E-state index contributed by atoms with van der Waals surface area (Å²) < 4.78 is 4.95. The zero-order chi connectivity index (χ0) is 20.7. The largest absolute Gasteiger partial charge is 0.544 e. The molecule has 6 N–H and O–H groups in total. The Morgan fingerprint density at radius 1 is 0.778 bits per heavy atom. The van der Waals surface area contributed by atoms with Crippen molar-refractivity contribution in [2.24, 2.45) is 0 Å². The molecular formula is C17H23B3O7. The van der Waals surface area contributed by atoms with E-state index in [1.807, 2.05) is 30.3 Å². The maximum atomic E-state index is 8.66. The minimum absolute atomic E-state index is 0.254. The van der Waals surface area contributed by atoms with Gasteiger partial charge in [0.15, 0.2) is 0 Å². The molecule has 142 valence electrons. The number of benzene rings is 2. The highest BCUT2D eigenvalue weighted by Gasteiger charge is 2.07. The van der Waals surface area contributed by atoms with Gasteiger partial charge in [0.05, 0.1) is 7.11 Å². The van der Waals surface area contributed by atoms with Crippen LogP contribution in [-0.4, -0.2) is 58.6 Å². The number of hydrogen-bond donors (Lipinski definition) is 6. The summed E-state index contributed by atoms with van der Waals surface area (Å²) in [5, 5.41) is 49.8. The van der Waals surface area contributed by atoms with Crippen LogP contribution in [0.4, 0.5) is 0 Å². The Morgan fingerprint density at radius 2 is 1.19 bits per heavy atom. The summed E-state index contributed by atoms with van der Waals surface area (Å²) >= 11 is 0. The second-order valence-electron chi connectivity index (χ2n) is 5.24. The number of methoxy groups -OCH3 is 1. The van der Waals surface area contributed by atoms with Crippen molar-refractivity contribution in [2.45, 2.75) is 12.6 Å². The van der Waals surface area contributed by atoms with Crippen LogP contribution in [0.15, 0.2) is 54.6 Å². The second kappa shape index (κ2) is 14.9. The summed E-state index contributed by atoms with van der Waals surface area (Å²) in [6, 6.07) is 16.5. The lowest BCUT2D eigenvalue weighted by atomic mass is 9.82. The van der Waals surface area contributed by atoms with Crippen molar-refractivity contribution in [1.29, 1.82) is 0 Å². The quantitative estimate of drug-likeness (QED) is 0.297. The van der Waals surface area contributed by atoms with Crippen molar-refractivity contribution in [3.63, 3.8) is 0 Å². The maximum absolute atomic E-state index is 8.66. The fourth-order valence-electron chi connectivity index (χ4n) is 1.80. The third kappa shape index (κ3) is 14.6. The van der Waals surface area contributed by atoms with Crippen LogP contribution < -0.4 is 4.74 Å². The summed E-state index contributed by atoms with van der Waals surface area (Å²) in [7, 11) is -2.51. The van der Waals surface area contributed by atoms with E-state index < -0.39 is 21.4 Å². The molecule has 0 radical (unpaired) electrons. The molecule has 2 aromatic rings. The van der Waals surface area contributed by atoms with Crippen molar-refractivity contribution in [3.8, 4) is 18.0 Å². The van der Waals surface area contributed by atoms with Crippen molar-refractivity contribution in [3.05, 3.63) is 65.7 Å². The van der Waals surface area contributed by atoms with Gasteiger partial charge in [-0.2, -0.15) is 0 Å². The van der Waals surface area contributed by atoms with Crippen LogP contribution in [0, 0.1) is 12.2 Å². The van der Waals surface area contributed by atoms with Crippen LogP contribution in [0.2, 0.25) is 0 Å². The Hall–Kier alpha value is -2.25. The topological polar surface area (TPSA) is 131 Å². The first-order valence-corrected chi connectivity index (χ1v) is 7.99. The molecule has 0 saturated heterocycles. The third-order valence-corrected chi connectivity index (χ3v) is 2.99. The van der Waals surface area contributed by atoms with E-state index in [1.54, 1.807) is 37.2 Å². The molecular weight excluding hydrogens is 349 g/mol. The lowest BCUT2D eigenvalue weighted by Gasteiger charge is -2.01. The van der Waals surface area contributed by atoms with Gasteiger partial charge in [-0.1, -0.05) is 53.8 Å². The molecule has 0 aromatic heterocycles. The SMILES string of the molecule is C#CB(O)O.COc1ccc(CB(O)O)cc1.OB(O)Cc1ccccc1. The molecule has 27 heavy (non-hydrogen) atoms. The van der Waals surface area contributed by atoms with Crippen LogP contribution in [0.1, 0.15) is 11.1 Å². The van der Waals surface area contributed by atoms with E-state index in [4.69, 9.17) is 34.9 Å². The molecule has 0 aliphatic heterocycles. The predicted molar refractivity (Wildman–Crippen MR) is 106 cm³/mol. The summed E-state index contributed by atoms with van der Waals surface area (Å²) in [4.78, 5) is 0. The molecule has 7 nitrogen and oxygen atoms in total. The average molecular weight is 372 g/mol. The molecule has 0 saturated carbocycles. The second-order valence-corrected chi connectivity index (χ2v) is 5.24. The molecule has 2 aromatic carbocycles. The Morgan fingerprint density at radius 3 is 1.52 bits per heavy atom. The first kappa shape index (κ1) is 24.8. The summed E-state index contributed by atoms with van der Waals surface area (Å²) in [5.41, 5.74) is 1.82. The Kier molecular flexibility index (Phi) is 13.6. The average Bonchev–Trinajstić information content (AvgIpc) is 2.63. The van der Waals surface area contributed by atoms with Crippen molar-refractivity contribution in [2.75, 3.05) is 7.11 Å². The normalized spacial score (nSPS) is 8.81.